The SMILES string of the molecule is CCCCCC(CCC(C)C(C)C)C(CC)CCCC. The summed E-state index contributed by atoms with van der Waals surface area (Å²) in [7, 11) is 0. The molecule has 3 atom stereocenters. The van der Waals surface area contributed by atoms with Crippen molar-refractivity contribution < 1.29 is 0 Å². The van der Waals surface area contributed by atoms with Gasteiger partial charge in [-0.2, -0.15) is 0 Å². The van der Waals surface area contributed by atoms with Crippen LogP contribution >= 0.6 is 0 Å². The van der Waals surface area contributed by atoms with Crippen LogP contribution in [-0.4, -0.2) is 0 Å². The van der Waals surface area contributed by atoms with Crippen LogP contribution in [0, 0.1) is 23.7 Å². The van der Waals surface area contributed by atoms with Gasteiger partial charge in [0.05, 0.1) is 0 Å². The molecule has 0 heterocycles. The second kappa shape index (κ2) is 12.7. The van der Waals surface area contributed by atoms with E-state index in [0.29, 0.717) is 0 Å². The zero-order valence-corrected chi connectivity index (χ0v) is 15.4. The second-order valence-corrected chi connectivity index (χ2v) is 7.37. The maximum Gasteiger partial charge on any atom is -0.0386 e. The lowest BCUT2D eigenvalue weighted by molar-refractivity contribution is 0.232. The summed E-state index contributed by atoms with van der Waals surface area (Å²) in [6.45, 7) is 14.3. The molecule has 0 saturated carbocycles. The van der Waals surface area contributed by atoms with Gasteiger partial charge < -0.3 is 0 Å². The minimum atomic E-state index is 0.849. The van der Waals surface area contributed by atoms with Gasteiger partial charge >= 0.3 is 0 Å². The van der Waals surface area contributed by atoms with E-state index in [1.54, 1.807) is 0 Å². The molecule has 0 aliphatic heterocycles. The Kier molecular flexibility index (Phi) is 12.7. The lowest BCUT2D eigenvalue weighted by Gasteiger charge is -2.28. The van der Waals surface area contributed by atoms with Crippen molar-refractivity contribution in [3.63, 3.8) is 0 Å². The molecule has 0 amide bonds. The van der Waals surface area contributed by atoms with E-state index in [0.717, 1.165) is 23.7 Å². The van der Waals surface area contributed by atoms with E-state index in [1.165, 1.54) is 64.2 Å². The predicted octanol–water partition coefficient (Wildman–Crippen LogP) is 7.47. The number of hydrogen-bond acceptors (Lipinski definition) is 0. The molecule has 0 aliphatic carbocycles. The third-order valence-electron chi connectivity index (χ3n) is 5.43. The molecule has 0 N–H and O–H groups in total. The van der Waals surface area contributed by atoms with Crippen molar-refractivity contribution in [2.75, 3.05) is 0 Å². The molecule has 0 aromatic carbocycles. The highest BCUT2D eigenvalue weighted by Crippen LogP contribution is 2.32. The summed E-state index contributed by atoms with van der Waals surface area (Å²) in [5, 5.41) is 0. The third-order valence-corrected chi connectivity index (χ3v) is 5.43. The molecule has 0 radical (unpaired) electrons. The highest BCUT2D eigenvalue weighted by molar-refractivity contribution is 4.72. The standard InChI is InChI=1S/C20H42/c1-7-10-12-14-20(16-15-18(6)17(4)5)19(9-3)13-11-8-2/h17-20H,7-16H2,1-6H3. The van der Waals surface area contributed by atoms with E-state index < -0.39 is 0 Å². The Morgan fingerprint density at radius 3 is 1.70 bits per heavy atom. The van der Waals surface area contributed by atoms with Gasteiger partial charge in [-0.1, -0.05) is 99.3 Å². The fourth-order valence-electron chi connectivity index (χ4n) is 3.32. The normalized spacial score (nSPS) is 16.4. The highest BCUT2D eigenvalue weighted by atomic mass is 14.3. The average molecular weight is 283 g/mol. The number of unbranched alkanes of at least 4 members (excludes halogenated alkanes) is 3. The summed E-state index contributed by atoms with van der Waals surface area (Å²) in [5.74, 6) is 3.74. The van der Waals surface area contributed by atoms with Crippen molar-refractivity contribution in [2.24, 2.45) is 23.7 Å². The maximum absolute atomic E-state index is 2.45. The molecule has 0 nitrogen and oxygen atoms in total. The molecule has 0 heteroatoms. The van der Waals surface area contributed by atoms with Crippen molar-refractivity contribution in [3.05, 3.63) is 0 Å². The smallest absolute Gasteiger partial charge is 0.0386 e. The largest absolute Gasteiger partial charge is 0.0654 e. The van der Waals surface area contributed by atoms with E-state index in [2.05, 4.69) is 41.5 Å². The Labute approximate surface area is 130 Å². The van der Waals surface area contributed by atoms with E-state index in [-0.39, 0.29) is 0 Å². The molecule has 0 saturated heterocycles. The predicted molar refractivity (Wildman–Crippen MR) is 94.2 cm³/mol. The van der Waals surface area contributed by atoms with Crippen molar-refractivity contribution in [1.29, 1.82) is 0 Å². The summed E-state index contributed by atoms with van der Waals surface area (Å²) >= 11 is 0. The molecule has 0 fully saturated rings. The molecule has 0 aromatic rings. The molecule has 0 aliphatic rings. The molecule has 3 unspecified atom stereocenters. The van der Waals surface area contributed by atoms with Crippen LogP contribution in [0.25, 0.3) is 0 Å². The molecule has 0 aromatic heterocycles. The minimum Gasteiger partial charge on any atom is -0.0654 e. The summed E-state index contributed by atoms with van der Waals surface area (Å²) in [6.07, 6.45) is 14.3. The average Bonchev–Trinajstić information content (AvgIpc) is 2.44. The quantitative estimate of drug-likeness (QED) is 0.307. The first-order valence-electron chi connectivity index (χ1n) is 9.56. The molecular formula is C20H42. The van der Waals surface area contributed by atoms with Crippen LogP contribution in [0.5, 0.6) is 0 Å². The first-order chi connectivity index (χ1) is 9.56. The van der Waals surface area contributed by atoms with Crippen molar-refractivity contribution in [1.82, 2.24) is 0 Å². The van der Waals surface area contributed by atoms with Gasteiger partial charge in [0.2, 0.25) is 0 Å². The Hall–Kier alpha value is 0. The van der Waals surface area contributed by atoms with Crippen LogP contribution in [0.1, 0.15) is 106 Å². The Morgan fingerprint density at radius 2 is 1.20 bits per heavy atom. The first-order valence-corrected chi connectivity index (χ1v) is 9.56. The summed E-state index contributed by atoms with van der Waals surface area (Å²) in [6, 6.07) is 0. The van der Waals surface area contributed by atoms with E-state index >= 15 is 0 Å². The molecule has 0 spiro atoms. The van der Waals surface area contributed by atoms with Gasteiger partial charge in [0, 0.05) is 0 Å². The Bertz CT molecular complexity index is 194. The van der Waals surface area contributed by atoms with Gasteiger partial charge in [0.25, 0.3) is 0 Å². The molecular weight excluding hydrogens is 240 g/mol. The lowest BCUT2D eigenvalue weighted by atomic mass is 9.78. The molecule has 0 rings (SSSR count). The minimum absolute atomic E-state index is 0.849. The van der Waals surface area contributed by atoms with Crippen molar-refractivity contribution >= 4 is 0 Å². The monoisotopic (exact) mass is 282 g/mol. The summed E-state index contributed by atoms with van der Waals surface area (Å²) in [5.41, 5.74) is 0. The van der Waals surface area contributed by atoms with Gasteiger partial charge in [-0.05, 0) is 30.1 Å². The van der Waals surface area contributed by atoms with Crippen LogP contribution < -0.4 is 0 Å². The van der Waals surface area contributed by atoms with Crippen LogP contribution in [0.2, 0.25) is 0 Å². The fourth-order valence-corrected chi connectivity index (χ4v) is 3.32. The van der Waals surface area contributed by atoms with Crippen LogP contribution in [0.15, 0.2) is 0 Å². The Balaban J connectivity index is 4.35. The van der Waals surface area contributed by atoms with E-state index in [1.807, 2.05) is 0 Å². The topological polar surface area (TPSA) is 0 Å². The first kappa shape index (κ1) is 20.0. The van der Waals surface area contributed by atoms with Gasteiger partial charge in [-0.3, -0.25) is 0 Å². The van der Waals surface area contributed by atoms with Gasteiger partial charge in [-0.25, -0.2) is 0 Å². The van der Waals surface area contributed by atoms with Gasteiger partial charge in [0.15, 0.2) is 0 Å². The fraction of sp³-hybridized carbons (Fsp3) is 1.00. The van der Waals surface area contributed by atoms with Crippen LogP contribution in [0.4, 0.5) is 0 Å². The summed E-state index contributed by atoms with van der Waals surface area (Å²) in [4.78, 5) is 0. The molecule has 20 heavy (non-hydrogen) atoms. The zero-order chi connectivity index (χ0) is 15.4. The number of hydrogen-bond donors (Lipinski definition) is 0. The third kappa shape index (κ3) is 9.03. The second-order valence-electron chi connectivity index (χ2n) is 7.37. The van der Waals surface area contributed by atoms with E-state index in [9.17, 15) is 0 Å². The zero-order valence-electron chi connectivity index (χ0n) is 15.4. The van der Waals surface area contributed by atoms with Crippen molar-refractivity contribution in [3.8, 4) is 0 Å². The summed E-state index contributed by atoms with van der Waals surface area (Å²) < 4.78 is 0. The van der Waals surface area contributed by atoms with Gasteiger partial charge in [-0.15, -0.1) is 0 Å². The highest BCUT2D eigenvalue weighted by Gasteiger charge is 2.20. The van der Waals surface area contributed by atoms with Gasteiger partial charge in [0.1, 0.15) is 0 Å². The molecule has 0 bridgehead atoms. The van der Waals surface area contributed by atoms with Crippen molar-refractivity contribution in [2.45, 2.75) is 106 Å². The van der Waals surface area contributed by atoms with Crippen LogP contribution in [-0.2, 0) is 0 Å². The lowest BCUT2D eigenvalue weighted by Crippen LogP contribution is -2.17. The maximum atomic E-state index is 2.45. The van der Waals surface area contributed by atoms with E-state index in [4.69, 9.17) is 0 Å². The Morgan fingerprint density at radius 1 is 0.600 bits per heavy atom. The number of rotatable bonds is 13. The molecule has 122 valence electrons. The van der Waals surface area contributed by atoms with Crippen LogP contribution in [0.3, 0.4) is 0 Å².